The molecule has 0 unspecified atom stereocenters. The third-order valence-electron chi connectivity index (χ3n) is 3.65. The van der Waals surface area contributed by atoms with Gasteiger partial charge in [-0.1, -0.05) is 29.8 Å². The van der Waals surface area contributed by atoms with E-state index in [4.69, 9.17) is 11.6 Å². The van der Waals surface area contributed by atoms with Crippen molar-refractivity contribution in [1.82, 2.24) is 9.21 Å². The van der Waals surface area contributed by atoms with Crippen LogP contribution in [0.5, 0.6) is 0 Å². The van der Waals surface area contributed by atoms with Gasteiger partial charge < -0.3 is 4.90 Å². The van der Waals surface area contributed by atoms with Gasteiger partial charge in [-0.2, -0.15) is 0 Å². The van der Waals surface area contributed by atoms with Gasteiger partial charge in [0, 0.05) is 38.3 Å². The first-order valence-corrected chi connectivity index (χ1v) is 9.17. The number of hydrogen-bond acceptors (Lipinski definition) is 3. The summed E-state index contributed by atoms with van der Waals surface area (Å²) >= 11 is 6.09. The molecule has 1 amide bonds. The maximum atomic E-state index is 13.9. The quantitative estimate of drug-likeness (QED) is 0.796. The monoisotopic (exact) mass is 384 g/mol. The molecule has 0 atom stereocenters. The number of carbonyl (C=O) groups is 1. The lowest BCUT2D eigenvalue weighted by molar-refractivity contribution is 0.0785. The number of nitrogens with zero attached hydrogens (tertiary/aromatic N) is 2. The minimum Gasteiger partial charge on any atom is -0.337 e. The van der Waals surface area contributed by atoms with Crippen LogP contribution in [-0.4, -0.2) is 44.7 Å². The smallest absolute Gasteiger partial charge is 0.253 e. The van der Waals surface area contributed by atoms with Crippen molar-refractivity contribution in [2.45, 2.75) is 11.4 Å². The van der Waals surface area contributed by atoms with Crippen molar-refractivity contribution in [3.05, 3.63) is 64.4 Å². The molecule has 0 radical (unpaired) electrons. The highest BCUT2D eigenvalue weighted by Crippen LogP contribution is 2.21. The van der Waals surface area contributed by atoms with Crippen LogP contribution in [0.15, 0.2) is 47.4 Å². The lowest BCUT2D eigenvalue weighted by atomic mass is 10.1. The van der Waals surface area contributed by atoms with Crippen molar-refractivity contribution in [1.29, 1.82) is 0 Å². The highest BCUT2D eigenvalue weighted by Gasteiger charge is 2.24. The van der Waals surface area contributed by atoms with E-state index in [-0.39, 0.29) is 12.1 Å². The van der Waals surface area contributed by atoms with E-state index < -0.39 is 26.6 Å². The third kappa shape index (κ3) is 4.18. The molecule has 0 aliphatic carbocycles. The van der Waals surface area contributed by atoms with Gasteiger partial charge in [-0.05, 0) is 29.8 Å². The first-order valence-electron chi connectivity index (χ1n) is 7.35. The molecule has 5 nitrogen and oxygen atoms in total. The maximum absolute atomic E-state index is 13.9. The average Bonchev–Trinajstić information content (AvgIpc) is 2.56. The van der Waals surface area contributed by atoms with Crippen LogP contribution in [0.25, 0.3) is 0 Å². The molecule has 2 aromatic rings. The van der Waals surface area contributed by atoms with Gasteiger partial charge >= 0.3 is 0 Å². The third-order valence-corrected chi connectivity index (χ3v) is 5.85. The first kappa shape index (κ1) is 19.4. The van der Waals surface area contributed by atoms with Gasteiger partial charge in [0.05, 0.1) is 0 Å². The summed E-state index contributed by atoms with van der Waals surface area (Å²) in [6.07, 6.45) is 0. The van der Waals surface area contributed by atoms with Crippen molar-refractivity contribution < 1.29 is 17.6 Å². The summed E-state index contributed by atoms with van der Waals surface area (Å²) in [7, 11) is 0.173. The molecule has 2 rings (SSSR count). The van der Waals surface area contributed by atoms with Crippen LogP contribution in [0.3, 0.4) is 0 Å². The largest absolute Gasteiger partial charge is 0.337 e. The Kier molecular flexibility index (Phi) is 5.82. The predicted molar refractivity (Wildman–Crippen MR) is 94.5 cm³/mol. The fraction of sp³-hybridized carbons (Fsp3) is 0.235. The Morgan fingerprint density at radius 3 is 2.36 bits per heavy atom. The zero-order chi connectivity index (χ0) is 18.8. The fourth-order valence-corrected chi connectivity index (χ4v) is 3.38. The van der Waals surface area contributed by atoms with Crippen LogP contribution in [0, 0.1) is 5.82 Å². The molecule has 0 saturated heterocycles. The maximum Gasteiger partial charge on any atom is 0.253 e. The number of halogens is 2. The molecule has 8 heteroatoms. The molecule has 0 N–H and O–H groups in total. The minimum atomic E-state index is -3.99. The van der Waals surface area contributed by atoms with E-state index in [2.05, 4.69) is 0 Å². The zero-order valence-electron chi connectivity index (χ0n) is 14.0. The van der Waals surface area contributed by atoms with E-state index in [1.165, 1.54) is 25.1 Å². The Hall–Kier alpha value is -1.96. The molecular weight excluding hydrogens is 367 g/mol. The number of amides is 1. The van der Waals surface area contributed by atoms with Gasteiger partial charge in [0.2, 0.25) is 10.0 Å². The highest BCUT2D eigenvalue weighted by atomic mass is 35.5. The van der Waals surface area contributed by atoms with Gasteiger partial charge in [0.25, 0.3) is 5.91 Å². The summed E-state index contributed by atoms with van der Waals surface area (Å²) in [4.78, 5) is 13.4. The summed E-state index contributed by atoms with van der Waals surface area (Å²) < 4.78 is 39.2. The summed E-state index contributed by atoms with van der Waals surface area (Å²) in [5, 5.41) is 0.525. The van der Waals surface area contributed by atoms with Crippen LogP contribution in [-0.2, 0) is 16.6 Å². The van der Waals surface area contributed by atoms with E-state index in [9.17, 15) is 17.6 Å². The van der Waals surface area contributed by atoms with Crippen molar-refractivity contribution in [2.75, 3.05) is 21.1 Å². The SMILES string of the molecule is CN(Cc1ccccc1Cl)C(=O)c1ccc(F)c(S(=O)(=O)N(C)C)c1. The lowest BCUT2D eigenvalue weighted by Crippen LogP contribution is -2.27. The van der Waals surface area contributed by atoms with Gasteiger partial charge in [0.15, 0.2) is 0 Å². The average molecular weight is 385 g/mol. The van der Waals surface area contributed by atoms with E-state index >= 15 is 0 Å². The molecular formula is C17H18ClFN2O3S. The van der Waals surface area contributed by atoms with Crippen molar-refractivity contribution in [3.63, 3.8) is 0 Å². The van der Waals surface area contributed by atoms with Crippen LogP contribution in [0.2, 0.25) is 5.02 Å². The number of benzene rings is 2. The Bertz CT molecular complexity index is 901. The lowest BCUT2D eigenvalue weighted by Gasteiger charge is -2.19. The molecule has 0 aliphatic rings. The molecule has 0 spiro atoms. The van der Waals surface area contributed by atoms with E-state index in [0.717, 1.165) is 22.0 Å². The Morgan fingerprint density at radius 2 is 1.76 bits per heavy atom. The van der Waals surface area contributed by atoms with Crippen molar-refractivity contribution in [3.8, 4) is 0 Å². The molecule has 0 fully saturated rings. The topological polar surface area (TPSA) is 57.7 Å². The van der Waals surface area contributed by atoms with Gasteiger partial charge in [-0.15, -0.1) is 0 Å². The minimum absolute atomic E-state index is 0.0800. The normalized spacial score (nSPS) is 11.6. The van der Waals surface area contributed by atoms with E-state index in [1.54, 1.807) is 31.3 Å². The molecule has 0 aliphatic heterocycles. The van der Waals surface area contributed by atoms with Crippen LogP contribution < -0.4 is 0 Å². The fourth-order valence-electron chi connectivity index (χ4n) is 2.21. The van der Waals surface area contributed by atoms with Gasteiger partial charge in [0.1, 0.15) is 10.7 Å². The number of sulfonamides is 1. The van der Waals surface area contributed by atoms with Crippen LogP contribution in [0.1, 0.15) is 15.9 Å². The molecule has 0 aromatic heterocycles. The van der Waals surface area contributed by atoms with E-state index in [0.29, 0.717) is 5.02 Å². The van der Waals surface area contributed by atoms with Crippen molar-refractivity contribution in [2.24, 2.45) is 0 Å². The van der Waals surface area contributed by atoms with Crippen molar-refractivity contribution >= 4 is 27.5 Å². The first-order chi connectivity index (χ1) is 11.6. The molecule has 25 heavy (non-hydrogen) atoms. The van der Waals surface area contributed by atoms with Crippen LogP contribution in [0.4, 0.5) is 4.39 Å². The summed E-state index contributed by atoms with van der Waals surface area (Å²) in [6, 6.07) is 10.4. The van der Waals surface area contributed by atoms with Gasteiger partial charge in [-0.25, -0.2) is 17.1 Å². The second-order valence-corrected chi connectivity index (χ2v) is 8.21. The van der Waals surface area contributed by atoms with E-state index in [1.807, 2.05) is 0 Å². The van der Waals surface area contributed by atoms with Gasteiger partial charge in [-0.3, -0.25) is 4.79 Å². The number of rotatable bonds is 5. The number of hydrogen-bond donors (Lipinski definition) is 0. The molecule has 0 saturated carbocycles. The number of carbonyl (C=O) groups excluding carboxylic acids is 1. The molecule has 0 heterocycles. The highest BCUT2D eigenvalue weighted by molar-refractivity contribution is 7.89. The summed E-state index contributed by atoms with van der Waals surface area (Å²) in [6.45, 7) is 0.242. The molecule has 2 aromatic carbocycles. The second kappa shape index (κ2) is 7.51. The Labute approximate surface area is 151 Å². The Balaban J connectivity index is 2.32. The summed E-state index contributed by atoms with van der Waals surface area (Å²) in [5.41, 5.74) is 0.833. The summed E-state index contributed by atoms with van der Waals surface area (Å²) in [5.74, 6) is -1.34. The molecule has 0 bridgehead atoms. The Morgan fingerprint density at radius 1 is 1.12 bits per heavy atom. The zero-order valence-corrected chi connectivity index (χ0v) is 15.6. The molecule has 134 valence electrons. The predicted octanol–water partition coefficient (Wildman–Crippen LogP) is 3.00. The second-order valence-electron chi connectivity index (χ2n) is 5.69. The standard InChI is InChI=1S/C17H18ClFN2O3S/c1-20(2)25(23,24)16-10-12(8-9-15(16)19)17(22)21(3)11-13-6-4-5-7-14(13)18/h4-10H,11H2,1-3H3. The van der Waals surface area contributed by atoms with Crippen LogP contribution >= 0.6 is 11.6 Å².